The molecule has 5 heteroatoms. The Hall–Kier alpha value is -1.33. The first-order valence-electron chi connectivity index (χ1n) is 7.87. The monoisotopic (exact) mass is 293 g/mol. The van der Waals surface area contributed by atoms with Crippen LogP contribution >= 0.6 is 0 Å². The Morgan fingerprint density at radius 1 is 1.48 bits per heavy atom. The number of amides is 1. The van der Waals surface area contributed by atoms with Gasteiger partial charge >= 0.3 is 0 Å². The van der Waals surface area contributed by atoms with Crippen molar-refractivity contribution in [3.05, 3.63) is 24.2 Å². The predicted molar refractivity (Wildman–Crippen MR) is 82.9 cm³/mol. The summed E-state index contributed by atoms with van der Waals surface area (Å²) in [4.78, 5) is 14.3. The highest BCUT2D eigenvalue weighted by Gasteiger charge is 2.17. The molecule has 0 aliphatic carbocycles. The lowest BCUT2D eigenvalue weighted by molar-refractivity contribution is -0.123. The maximum atomic E-state index is 11.9. The Labute approximate surface area is 127 Å². The van der Waals surface area contributed by atoms with E-state index in [4.69, 9.17) is 4.42 Å². The number of carbonyl (C=O) groups excluding carboxylic acids is 1. The number of furan rings is 1. The highest BCUT2D eigenvalue weighted by Crippen LogP contribution is 2.18. The van der Waals surface area contributed by atoms with E-state index in [2.05, 4.69) is 22.6 Å². The van der Waals surface area contributed by atoms with Crippen LogP contribution in [0.1, 0.15) is 31.9 Å². The summed E-state index contributed by atoms with van der Waals surface area (Å²) < 4.78 is 5.19. The quantitative estimate of drug-likeness (QED) is 0.802. The average Bonchev–Trinajstić information content (AvgIpc) is 3.00. The number of rotatable bonds is 7. The Bertz CT molecular complexity index is 411. The molecule has 0 aromatic carbocycles. The van der Waals surface area contributed by atoms with Gasteiger partial charge in [0.05, 0.1) is 18.8 Å². The van der Waals surface area contributed by atoms with Crippen LogP contribution in [0.3, 0.4) is 0 Å². The smallest absolute Gasteiger partial charge is 0.237 e. The fourth-order valence-electron chi connectivity index (χ4n) is 2.69. The highest BCUT2D eigenvalue weighted by atomic mass is 16.3. The minimum absolute atomic E-state index is 0.0229. The third-order valence-electron chi connectivity index (χ3n) is 4.25. The van der Waals surface area contributed by atoms with Crippen LogP contribution in [0.15, 0.2) is 22.8 Å². The Morgan fingerprint density at radius 3 is 2.90 bits per heavy atom. The summed E-state index contributed by atoms with van der Waals surface area (Å²) in [6.07, 6.45) is 5.32. The lowest BCUT2D eigenvalue weighted by Gasteiger charge is -2.29. The summed E-state index contributed by atoms with van der Waals surface area (Å²) in [5.74, 6) is 1.60. The van der Waals surface area contributed by atoms with E-state index in [-0.39, 0.29) is 11.9 Å². The molecule has 1 aliphatic rings. The molecule has 1 aromatic rings. The molecule has 0 bridgehead atoms. The first-order valence-corrected chi connectivity index (χ1v) is 7.87. The first kappa shape index (κ1) is 16.0. The molecule has 1 saturated heterocycles. The Kier molecular flexibility index (Phi) is 6.26. The normalized spacial score (nSPS) is 18.6. The zero-order chi connectivity index (χ0) is 15.1. The van der Waals surface area contributed by atoms with Gasteiger partial charge in [-0.05, 0) is 70.9 Å². The Morgan fingerprint density at radius 2 is 2.24 bits per heavy atom. The summed E-state index contributed by atoms with van der Waals surface area (Å²) in [5.41, 5.74) is 0. The summed E-state index contributed by atoms with van der Waals surface area (Å²) in [7, 11) is 2.18. The van der Waals surface area contributed by atoms with Crippen LogP contribution in [-0.2, 0) is 11.3 Å². The molecule has 1 aliphatic heterocycles. The van der Waals surface area contributed by atoms with E-state index in [9.17, 15) is 4.79 Å². The van der Waals surface area contributed by atoms with E-state index in [1.54, 1.807) is 6.26 Å². The molecule has 1 atom stereocenters. The van der Waals surface area contributed by atoms with Crippen LogP contribution in [0.2, 0.25) is 0 Å². The van der Waals surface area contributed by atoms with Crippen molar-refractivity contribution in [2.45, 2.75) is 38.8 Å². The molecule has 21 heavy (non-hydrogen) atoms. The van der Waals surface area contributed by atoms with Gasteiger partial charge in [-0.3, -0.25) is 4.79 Å². The molecule has 5 nitrogen and oxygen atoms in total. The molecular formula is C16H27N3O2. The summed E-state index contributed by atoms with van der Waals surface area (Å²) in [6, 6.07) is 3.52. The van der Waals surface area contributed by atoms with Gasteiger partial charge in [-0.2, -0.15) is 0 Å². The van der Waals surface area contributed by atoms with Crippen molar-refractivity contribution in [1.82, 2.24) is 15.5 Å². The maximum absolute atomic E-state index is 11.9. The molecule has 0 radical (unpaired) electrons. The van der Waals surface area contributed by atoms with E-state index in [0.29, 0.717) is 6.54 Å². The van der Waals surface area contributed by atoms with Gasteiger partial charge in [0, 0.05) is 0 Å². The molecule has 118 valence electrons. The van der Waals surface area contributed by atoms with Crippen molar-refractivity contribution in [2.75, 3.05) is 26.7 Å². The van der Waals surface area contributed by atoms with E-state index in [1.165, 1.54) is 25.9 Å². The Balaban J connectivity index is 1.58. The molecule has 0 spiro atoms. The van der Waals surface area contributed by atoms with Crippen LogP contribution in [0.5, 0.6) is 0 Å². The van der Waals surface area contributed by atoms with Gasteiger partial charge < -0.3 is 20.0 Å². The zero-order valence-corrected chi connectivity index (χ0v) is 13.1. The van der Waals surface area contributed by atoms with Crippen molar-refractivity contribution < 1.29 is 9.21 Å². The zero-order valence-electron chi connectivity index (χ0n) is 13.1. The van der Waals surface area contributed by atoms with Gasteiger partial charge in [-0.25, -0.2) is 0 Å². The number of piperidine rings is 1. The number of likely N-dealkylation sites (tertiary alicyclic amines) is 1. The van der Waals surface area contributed by atoms with Gasteiger partial charge in [0.15, 0.2) is 0 Å². The molecule has 2 rings (SSSR count). The van der Waals surface area contributed by atoms with Gasteiger partial charge in [0.25, 0.3) is 0 Å². The van der Waals surface area contributed by atoms with Crippen LogP contribution in [0.4, 0.5) is 0 Å². The molecule has 2 N–H and O–H groups in total. The van der Waals surface area contributed by atoms with Gasteiger partial charge in [0.1, 0.15) is 5.76 Å². The number of hydrogen-bond donors (Lipinski definition) is 2. The second-order valence-corrected chi connectivity index (χ2v) is 6.01. The number of nitrogens with zero attached hydrogens (tertiary/aromatic N) is 1. The fourth-order valence-corrected chi connectivity index (χ4v) is 2.69. The average molecular weight is 293 g/mol. The number of hydrogen-bond acceptors (Lipinski definition) is 4. The molecular weight excluding hydrogens is 266 g/mol. The van der Waals surface area contributed by atoms with E-state index in [1.807, 2.05) is 19.1 Å². The lowest BCUT2D eigenvalue weighted by atomic mass is 9.94. The van der Waals surface area contributed by atoms with Crippen molar-refractivity contribution in [3.63, 3.8) is 0 Å². The molecule has 1 fully saturated rings. The molecule has 1 aromatic heterocycles. The summed E-state index contributed by atoms with van der Waals surface area (Å²) in [5, 5.41) is 6.19. The topological polar surface area (TPSA) is 57.5 Å². The fraction of sp³-hybridized carbons (Fsp3) is 0.688. The second kappa shape index (κ2) is 8.20. The van der Waals surface area contributed by atoms with Gasteiger partial charge in [-0.15, -0.1) is 0 Å². The maximum Gasteiger partial charge on any atom is 0.237 e. The lowest BCUT2D eigenvalue weighted by Crippen LogP contribution is -2.42. The van der Waals surface area contributed by atoms with E-state index in [0.717, 1.165) is 24.6 Å². The van der Waals surface area contributed by atoms with Crippen LogP contribution < -0.4 is 10.6 Å². The molecule has 0 saturated carbocycles. The summed E-state index contributed by atoms with van der Waals surface area (Å²) >= 11 is 0. The van der Waals surface area contributed by atoms with E-state index < -0.39 is 0 Å². The van der Waals surface area contributed by atoms with Crippen LogP contribution in [0, 0.1) is 5.92 Å². The standard InChI is InChI=1S/C16H27N3O2/c1-13(16(20)18-12-15-4-3-11-21-15)17-8-5-14-6-9-19(2)10-7-14/h3-4,11,13-14,17H,5-10,12H2,1-2H3,(H,18,20). The van der Waals surface area contributed by atoms with E-state index >= 15 is 0 Å². The van der Waals surface area contributed by atoms with Crippen molar-refractivity contribution in [1.29, 1.82) is 0 Å². The second-order valence-electron chi connectivity index (χ2n) is 6.01. The predicted octanol–water partition coefficient (Wildman–Crippen LogP) is 1.61. The minimum atomic E-state index is -0.161. The third-order valence-corrected chi connectivity index (χ3v) is 4.25. The van der Waals surface area contributed by atoms with Crippen molar-refractivity contribution in [2.24, 2.45) is 5.92 Å². The highest BCUT2D eigenvalue weighted by molar-refractivity contribution is 5.81. The molecule has 1 unspecified atom stereocenters. The first-order chi connectivity index (χ1) is 10.1. The minimum Gasteiger partial charge on any atom is -0.467 e. The molecule has 2 heterocycles. The SMILES string of the molecule is CC(NCCC1CCN(C)CC1)C(=O)NCc1ccco1. The number of nitrogens with one attached hydrogen (secondary N) is 2. The van der Waals surface area contributed by atoms with Crippen LogP contribution in [0.25, 0.3) is 0 Å². The number of carbonyl (C=O) groups is 1. The van der Waals surface area contributed by atoms with Crippen LogP contribution in [-0.4, -0.2) is 43.5 Å². The van der Waals surface area contributed by atoms with Crippen molar-refractivity contribution >= 4 is 5.91 Å². The third kappa shape index (κ3) is 5.52. The van der Waals surface area contributed by atoms with Gasteiger partial charge in [-0.1, -0.05) is 0 Å². The van der Waals surface area contributed by atoms with Crippen molar-refractivity contribution in [3.8, 4) is 0 Å². The molecule has 1 amide bonds. The van der Waals surface area contributed by atoms with Gasteiger partial charge in [0.2, 0.25) is 5.91 Å². The largest absolute Gasteiger partial charge is 0.467 e. The summed E-state index contributed by atoms with van der Waals surface area (Å²) in [6.45, 7) is 5.66.